The molecule has 0 unspecified atom stereocenters. The van der Waals surface area contributed by atoms with Crippen LogP contribution in [0.25, 0.3) is 0 Å². The zero-order valence-corrected chi connectivity index (χ0v) is 15.9. The van der Waals surface area contributed by atoms with E-state index in [-0.39, 0.29) is 23.4 Å². The Morgan fingerprint density at radius 2 is 1.96 bits per heavy atom. The van der Waals surface area contributed by atoms with Gasteiger partial charge < -0.3 is 9.80 Å². The number of alkyl halides is 3. The van der Waals surface area contributed by atoms with Crippen LogP contribution in [0.4, 0.5) is 18.0 Å². The maximum absolute atomic E-state index is 12.7. The highest BCUT2D eigenvalue weighted by Crippen LogP contribution is 2.27. The fourth-order valence-corrected chi connectivity index (χ4v) is 3.99. The van der Waals surface area contributed by atoms with Crippen LogP contribution < -0.4 is 0 Å². The third kappa shape index (κ3) is 4.23. The molecule has 7 nitrogen and oxygen atoms in total. The molecule has 0 saturated carbocycles. The monoisotopic (exact) mass is 416 g/mol. The molecule has 28 heavy (non-hydrogen) atoms. The third-order valence-corrected chi connectivity index (χ3v) is 5.52. The fourth-order valence-electron chi connectivity index (χ4n) is 3.45. The predicted octanol–water partition coefficient (Wildman–Crippen LogP) is 2.23. The van der Waals surface area contributed by atoms with Crippen molar-refractivity contribution in [2.24, 2.45) is 0 Å². The first-order chi connectivity index (χ1) is 13.2. The van der Waals surface area contributed by atoms with Gasteiger partial charge in [-0.15, -0.1) is 11.8 Å². The van der Waals surface area contributed by atoms with Crippen molar-refractivity contribution in [2.75, 3.05) is 32.4 Å². The molecule has 3 rings (SSSR count). The standard InChI is InChI=1S/C17H19F3N4O3S/c1-28-14-12(3-2-6-21-14)15(26)22-7-4-11(5-8-22)23-9-13(25)24(16(23)27)10-17(18,19)20/h2-3,6,11H,4-5,7-10H2,1H3. The Kier molecular flexibility index (Phi) is 5.82. The lowest BCUT2D eigenvalue weighted by atomic mass is 10.0. The number of halogens is 3. The van der Waals surface area contributed by atoms with Crippen LogP contribution in [0.15, 0.2) is 23.4 Å². The van der Waals surface area contributed by atoms with Crippen molar-refractivity contribution < 1.29 is 27.6 Å². The second kappa shape index (κ2) is 7.98. The van der Waals surface area contributed by atoms with Crippen LogP contribution >= 0.6 is 11.8 Å². The van der Waals surface area contributed by atoms with E-state index in [2.05, 4.69) is 4.98 Å². The summed E-state index contributed by atoms with van der Waals surface area (Å²) in [6.45, 7) is -1.23. The molecule has 0 aliphatic carbocycles. The Balaban J connectivity index is 1.62. The van der Waals surface area contributed by atoms with Gasteiger partial charge in [0.05, 0.1) is 5.56 Å². The number of urea groups is 1. The van der Waals surface area contributed by atoms with Crippen LogP contribution in [-0.2, 0) is 4.79 Å². The van der Waals surface area contributed by atoms with Gasteiger partial charge in [-0.3, -0.25) is 14.5 Å². The van der Waals surface area contributed by atoms with E-state index in [9.17, 15) is 27.6 Å². The van der Waals surface area contributed by atoms with Crippen molar-refractivity contribution in [2.45, 2.75) is 30.1 Å². The number of carbonyl (C=O) groups excluding carboxylic acids is 3. The molecule has 0 radical (unpaired) electrons. The lowest BCUT2D eigenvalue weighted by molar-refractivity contribution is -0.151. The number of carbonyl (C=O) groups is 3. The average Bonchev–Trinajstić information content (AvgIpc) is 2.94. The molecule has 2 aliphatic rings. The summed E-state index contributed by atoms with van der Waals surface area (Å²) in [7, 11) is 0. The van der Waals surface area contributed by atoms with Crippen LogP contribution in [-0.4, -0.2) is 82.2 Å². The molecule has 4 amide bonds. The number of likely N-dealkylation sites (tertiary alicyclic amines) is 1. The van der Waals surface area contributed by atoms with E-state index >= 15 is 0 Å². The Hall–Kier alpha value is -2.30. The molecule has 0 N–H and O–H groups in total. The minimum Gasteiger partial charge on any atom is -0.338 e. The highest BCUT2D eigenvalue weighted by molar-refractivity contribution is 7.98. The maximum Gasteiger partial charge on any atom is 0.406 e. The molecule has 0 spiro atoms. The van der Waals surface area contributed by atoms with Crippen molar-refractivity contribution in [3.8, 4) is 0 Å². The number of piperidine rings is 1. The number of hydrogen-bond donors (Lipinski definition) is 0. The Morgan fingerprint density at radius 1 is 1.29 bits per heavy atom. The minimum atomic E-state index is -4.63. The van der Waals surface area contributed by atoms with E-state index in [4.69, 9.17) is 0 Å². The lowest BCUT2D eigenvalue weighted by Crippen LogP contribution is -2.48. The van der Waals surface area contributed by atoms with Gasteiger partial charge >= 0.3 is 12.2 Å². The number of rotatable bonds is 4. The van der Waals surface area contributed by atoms with Gasteiger partial charge in [0.15, 0.2) is 0 Å². The smallest absolute Gasteiger partial charge is 0.338 e. The average molecular weight is 416 g/mol. The highest BCUT2D eigenvalue weighted by Gasteiger charge is 2.45. The number of thioether (sulfide) groups is 1. The van der Waals surface area contributed by atoms with E-state index in [0.29, 0.717) is 36.5 Å². The molecule has 3 heterocycles. The molecule has 0 bridgehead atoms. The first-order valence-electron chi connectivity index (χ1n) is 8.67. The van der Waals surface area contributed by atoms with Crippen LogP contribution in [0.5, 0.6) is 0 Å². The van der Waals surface area contributed by atoms with Gasteiger partial charge in [-0.25, -0.2) is 9.78 Å². The summed E-state index contributed by atoms with van der Waals surface area (Å²) in [5.41, 5.74) is 0.497. The molecule has 0 atom stereocenters. The zero-order chi connectivity index (χ0) is 20.5. The normalized spacial score (nSPS) is 18.9. The van der Waals surface area contributed by atoms with Crippen LogP contribution in [0, 0.1) is 0 Å². The summed E-state index contributed by atoms with van der Waals surface area (Å²) in [6.07, 6.45) is -0.389. The molecule has 11 heteroatoms. The lowest BCUT2D eigenvalue weighted by Gasteiger charge is -2.36. The number of hydrogen-bond acceptors (Lipinski definition) is 5. The first-order valence-corrected chi connectivity index (χ1v) is 9.89. The minimum absolute atomic E-state index is 0.168. The van der Waals surface area contributed by atoms with Crippen LogP contribution in [0.3, 0.4) is 0 Å². The van der Waals surface area contributed by atoms with Crippen molar-refractivity contribution in [1.82, 2.24) is 19.7 Å². The van der Waals surface area contributed by atoms with E-state index in [1.54, 1.807) is 23.2 Å². The second-order valence-corrected chi connectivity index (χ2v) is 7.38. The SMILES string of the molecule is CSc1ncccc1C(=O)N1CCC(N2CC(=O)N(CC(F)(F)F)C2=O)CC1. The van der Waals surface area contributed by atoms with Crippen LogP contribution in [0.2, 0.25) is 0 Å². The predicted molar refractivity (Wildman–Crippen MR) is 94.8 cm³/mol. The summed E-state index contributed by atoms with van der Waals surface area (Å²) >= 11 is 1.37. The van der Waals surface area contributed by atoms with Crippen molar-refractivity contribution in [3.63, 3.8) is 0 Å². The van der Waals surface area contributed by atoms with E-state index in [1.807, 2.05) is 6.26 Å². The van der Waals surface area contributed by atoms with Gasteiger partial charge in [0.1, 0.15) is 18.1 Å². The third-order valence-electron chi connectivity index (χ3n) is 4.81. The van der Waals surface area contributed by atoms with E-state index in [0.717, 1.165) is 0 Å². The van der Waals surface area contributed by atoms with E-state index < -0.39 is 24.7 Å². The van der Waals surface area contributed by atoms with Crippen LogP contribution in [0.1, 0.15) is 23.2 Å². The number of imide groups is 1. The van der Waals surface area contributed by atoms with Gasteiger partial charge in [-0.05, 0) is 31.2 Å². The quantitative estimate of drug-likeness (QED) is 0.556. The van der Waals surface area contributed by atoms with Gasteiger partial charge in [-0.2, -0.15) is 13.2 Å². The summed E-state index contributed by atoms with van der Waals surface area (Å²) < 4.78 is 37.7. The first kappa shape index (κ1) is 20.4. The molecule has 152 valence electrons. The summed E-state index contributed by atoms with van der Waals surface area (Å²) in [5.74, 6) is -1.01. The molecule has 2 aliphatic heterocycles. The molecule has 0 aromatic carbocycles. The second-order valence-electron chi connectivity index (χ2n) is 6.59. The maximum atomic E-state index is 12.7. The Bertz CT molecular complexity index is 781. The van der Waals surface area contributed by atoms with Crippen molar-refractivity contribution in [3.05, 3.63) is 23.9 Å². The summed E-state index contributed by atoms with van der Waals surface area (Å²) in [4.78, 5) is 44.1. The molecular weight excluding hydrogens is 397 g/mol. The molecule has 1 aromatic rings. The van der Waals surface area contributed by atoms with E-state index in [1.165, 1.54) is 16.7 Å². The fraction of sp³-hybridized carbons (Fsp3) is 0.529. The van der Waals surface area contributed by atoms with Gasteiger partial charge in [-0.1, -0.05) is 0 Å². The topological polar surface area (TPSA) is 73.8 Å². The van der Waals surface area contributed by atoms with Gasteiger partial charge in [0.25, 0.3) is 11.8 Å². The summed E-state index contributed by atoms with van der Waals surface area (Å²) in [5, 5.41) is 0.623. The van der Waals surface area contributed by atoms with Crippen molar-refractivity contribution >= 4 is 29.6 Å². The molecule has 2 saturated heterocycles. The van der Waals surface area contributed by atoms with Crippen molar-refractivity contribution in [1.29, 1.82) is 0 Å². The number of pyridine rings is 1. The number of nitrogens with zero attached hydrogens (tertiary/aromatic N) is 4. The summed E-state index contributed by atoms with van der Waals surface area (Å²) in [6, 6.07) is 2.10. The molecule has 1 aromatic heterocycles. The molecular formula is C17H19F3N4O3S. The highest BCUT2D eigenvalue weighted by atomic mass is 32.2. The zero-order valence-electron chi connectivity index (χ0n) is 15.1. The van der Waals surface area contributed by atoms with Gasteiger partial charge in [0, 0.05) is 25.3 Å². The number of amides is 4. The van der Waals surface area contributed by atoms with Gasteiger partial charge in [0.2, 0.25) is 0 Å². The largest absolute Gasteiger partial charge is 0.406 e. The molecule has 2 fully saturated rings. The Labute approximate surface area is 163 Å². The Morgan fingerprint density at radius 3 is 2.57 bits per heavy atom. The number of aromatic nitrogens is 1.